The highest BCUT2D eigenvalue weighted by Crippen LogP contribution is 2.53. The van der Waals surface area contributed by atoms with Gasteiger partial charge in [-0.05, 0) is 38.0 Å². The van der Waals surface area contributed by atoms with Gasteiger partial charge in [0.05, 0.1) is 24.9 Å². The van der Waals surface area contributed by atoms with E-state index in [9.17, 15) is 10.2 Å². The van der Waals surface area contributed by atoms with Gasteiger partial charge < -0.3 is 14.9 Å². The molecule has 2 fully saturated rings. The molecule has 19 heavy (non-hydrogen) atoms. The fourth-order valence-electron chi connectivity index (χ4n) is 3.78. The summed E-state index contributed by atoms with van der Waals surface area (Å²) in [5.41, 5.74) is -0.290. The van der Waals surface area contributed by atoms with E-state index in [0.717, 1.165) is 19.3 Å². The number of aliphatic hydroxyl groups is 2. The van der Waals surface area contributed by atoms with Crippen LogP contribution in [0.3, 0.4) is 0 Å². The van der Waals surface area contributed by atoms with Crippen molar-refractivity contribution >= 4 is 0 Å². The van der Waals surface area contributed by atoms with Crippen LogP contribution in [0.2, 0.25) is 0 Å². The van der Waals surface area contributed by atoms with E-state index in [1.807, 2.05) is 19.9 Å². The van der Waals surface area contributed by atoms with Crippen molar-refractivity contribution in [3.63, 3.8) is 0 Å². The van der Waals surface area contributed by atoms with E-state index in [1.165, 1.54) is 0 Å². The zero-order chi connectivity index (χ0) is 14.3. The normalized spacial score (nSPS) is 42.4. The summed E-state index contributed by atoms with van der Waals surface area (Å²) >= 11 is 0. The standard InChI is InChI=1S/C16H28O3/c1-5-12-13-8-16(4,7-11(13)6-14(12)18)19-10-15(2,3)9-17/h5,11-14,17-18H,1,6-10H2,2-4H3/t11-,12?,13?,14-,16?/m1/s1. The Hall–Kier alpha value is -0.380. The van der Waals surface area contributed by atoms with Gasteiger partial charge >= 0.3 is 0 Å². The fourth-order valence-corrected chi connectivity index (χ4v) is 3.78. The van der Waals surface area contributed by atoms with E-state index in [1.54, 1.807) is 0 Å². The van der Waals surface area contributed by atoms with Crippen LogP contribution in [0.5, 0.6) is 0 Å². The molecule has 2 saturated carbocycles. The zero-order valence-corrected chi connectivity index (χ0v) is 12.4. The molecule has 3 nitrogen and oxygen atoms in total. The highest BCUT2D eigenvalue weighted by Gasteiger charge is 2.51. The maximum Gasteiger partial charge on any atom is 0.0660 e. The first-order chi connectivity index (χ1) is 8.80. The molecular weight excluding hydrogens is 240 g/mol. The van der Waals surface area contributed by atoms with E-state index in [-0.39, 0.29) is 29.6 Å². The Morgan fingerprint density at radius 1 is 1.42 bits per heavy atom. The Kier molecular flexibility index (Phi) is 4.10. The van der Waals surface area contributed by atoms with Gasteiger partial charge in [-0.3, -0.25) is 0 Å². The maximum atomic E-state index is 10.0. The van der Waals surface area contributed by atoms with E-state index in [2.05, 4.69) is 13.5 Å². The minimum absolute atomic E-state index is 0.108. The summed E-state index contributed by atoms with van der Waals surface area (Å²) in [6.07, 6.45) is 4.58. The highest BCUT2D eigenvalue weighted by molar-refractivity contribution is 5.07. The van der Waals surface area contributed by atoms with Crippen molar-refractivity contribution in [2.24, 2.45) is 23.2 Å². The average Bonchev–Trinajstić information content (AvgIpc) is 2.79. The second-order valence-electron chi connectivity index (χ2n) is 7.51. The molecule has 0 amide bonds. The molecule has 0 spiro atoms. The number of fused-ring (bicyclic) bond motifs is 1. The summed E-state index contributed by atoms with van der Waals surface area (Å²) < 4.78 is 6.13. The van der Waals surface area contributed by atoms with Gasteiger partial charge in [-0.1, -0.05) is 19.9 Å². The predicted molar refractivity (Wildman–Crippen MR) is 75.7 cm³/mol. The first-order valence-corrected chi connectivity index (χ1v) is 7.36. The summed E-state index contributed by atoms with van der Waals surface area (Å²) in [6.45, 7) is 10.8. The third kappa shape index (κ3) is 3.04. The molecule has 2 N–H and O–H groups in total. The molecule has 5 atom stereocenters. The first-order valence-electron chi connectivity index (χ1n) is 7.36. The van der Waals surface area contributed by atoms with Gasteiger partial charge in [0.25, 0.3) is 0 Å². The van der Waals surface area contributed by atoms with Crippen molar-refractivity contribution in [2.45, 2.75) is 51.7 Å². The number of hydrogen-bond donors (Lipinski definition) is 2. The minimum atomic E-state index is -0.217. The Bertz CT molecular complexity index is 339. The quantitative estimate of drug-likeness (QED) is 0.753. The fraction of sp³-hybridized carbons (Fsp3) is 0.875. The van der Waals surface area contributed by atoms with Gasteiger partial charge in [0.15, 0.2) is 0 Å². The van der Waals surface area contributed by atoms with Gasteiger partial charge in [-0.25, -0.2) is 0 Å². The molecule has 0 aromatic heterocycles. The van der Waals surface area contributed by atoms with Crippen LogP contribution in [-0.2, 0) is 4.74 Å². The van der Waals surface area contributed by atoms with Crippen LogP contribution in [0.15, 0.2) is 12.7 Å². The highest BCUT2D eigenvalue weighted by atomic mass is 16.5. The number of hydrogen-bond acceptors (Lipinski definition) is 3. The molecule has 0 radical (unpaired) electrons. The molecule has 0 aromatic rings. The lowest BCUT2D eigenvalue weighted by Gasteiger charge is -2.32. The summed E-state index contributed by atoms with van der Waals surface area (Å²) in [5, 5.41) is 19.3. The zero-order valence-electron chi connectivity index (χ0n) is 12.4. The van der Waals surface area contributed by atoms with Crippen molar-refractivity contribution in [1.82, 2.24) is 0 Å². The molecule has 110 valence electrons. The molecule has 3 unspecified atom stereocenters. The average molecular weight is 268 g/mol. The van der Waals surface area contributed by atoms with Gasteiger partial charge in [-0.2, -0.15) is 0 Å². The molecular formula is C16H28O3. The monoisotopic (exact) mass is 268 g/mol. The summed E-state index contributed by atoms with van der Waals surface area (Å²) in [7, 11) is 0. The first kappa shape index (κ1) is 15.0. The van der Waals surface area contributed by atoms with Crippen LogP contribution in [0.1, 0.15) is 40.0 Å². The Balaban J connectivity index is 1.96. The Morgan fingerprint density at radius 2 is 2.11 bits per heavy atom. The molecule has 0 aromatic carbocycles. The minimum Gasteiger partial charge on any atom is -0.396 e. The topological polar surface area (TPSA) is 49.7 Å². The van der Waals surface area contributed by atoms with Gasteiger partial charge in [-0.15, -0.1) is 6.58 Å². The second kappa shape index (κ2) is 5.19. The van der Waals surface area contributed by atoms with Crippen molar-refractivity contribution in [3.05, 3.63) is 12.7 Å². The van der Waals surface area contributed by atoms with Crippen LogP contribution in [-0.4, -0.2) is 35.1 Å². The Labute approximate surface area is 116 Å². The maximum absolute atomic E-state index is 10.0. The third-order valence-corrected chi connectivity index (χ3v) is 4.96. The lowest BCUT2D eigenvalue weighted by atomic mass is 9.90. The smallest absolute Gasteiger partial charge is 0.0660 e. The molecule has 0 aliphatic heterocycles. The van der Waals surface area contributed by atoms with Crippen molar-refractivity contribution < 1.29 is 14.9 Å². The van der Waals surface area contributed by atoms with Crippen LogP contribution < -0.4 is 0 Å². The summed E-state index contributed by atoms with van der Waals surface area (Å²) in [6, 6.07) is 0. The van der Waals surface area contributed by atoms with Crippen molar-refractivity contribution in [3.8, 4) is 0 Å². The molecule has 0 heterocycles. The van der Waals surface area contributed by atoms with Crippen LogP contribution in [0, 0.1) is 23.2 Å². The van der Waals surface area contributed by atoms with E-state index in [0.29, 0.717) is 18.4 Å². The summed E-state index contributed by atoms with van der Waals surface area (Å²) in [4.78, 5) is 0. The molecule has 0 saturated heterocycles. The van der Waals surface area contributed by atoms with E-state index < -0.39 is 0 Å². The SMILES string of the molecule is C=CC1C2CC(C)(OCC(C)(C)CO)C[C@H]2C[C@H]1O. The third-order valence-electron chi connectivity index (χ3n) is 4.96. The largest absolute Gasteiger partial charge is 0.396 e. The van der Waals surface area contributed by atoms with Gasteiger partial charge in [0.1, 0.15) is 0 Å². The molecule has 3 heteroatoms. The lowest BCUT2D eigenvalue weighted by molar-refractivity contribution is -0.0791. The van der Waals surface area contributed by atoms with Crippen molar-refractivity contribution in [1.29, 1.82) is 0 Å². The molecule has 2 rings (SSSR count). The molecule has 2 aliphatic carbocycles. The van der Waals surface area contributed by atoms with Crippen LogP contribution in [0.25, 0.3) is 0 Å². The van der Waals surface area contributed by atoms with Crippen molar-refractivity contribution in [2.75, 3.05) is 13.2 Å². The van der Waals surface area contributed by atoms with Gasteiger partial charge in [0.2, 0.25) is 0 Å². The molecule has 0 bridgehead atoms. The number of aliphatic hydroxyl groups excluding tert-OH is 2. The van der Waals surface area contributed by atoms with E-state index >= 15 is 0 Å². The molecule has 2 aliphatic rings. The van der Waals surface area contributed by atoms with Crippen LogP contribution in [0.4, 0.5) is 0 Å². The lowest BCUT2D eigenvalue weighted by Crippen LogP contribution is -2.34. The number of ether oxygens (including phenoxy) is 1. The summed E-state index contributed by atoms with van der Waals surface area (Å²) in [5.74, 6) is 1.29. The van der Waals surface area contributed by atoms with Gasteiger partial charge in [0, 0.05) is 11.3 Å². The predicted octanol–water partition coefficient (Wildman–Crippen LogP) is 2.37. The second-order valence-corrected chi connectivity index (χ2v) is 7.51. The Morgan fingerprint density at radius 3 is 2.68 bits per heavy atom. The van der Waals surface area contributed by atoms with E-state index in [4.69, 9.17) is 4.74 Å². The van der Waals surface area contributed by atoms with Crippen LogP contribution >= 0.6 is 0 Å². The number of rotatable bonds is 5.